The Morgan fingerprint density at radius 1 is 1.67 bits per heavy atom. The summed E-state index contributed by atoms with van der Waals surface area (Å²) in [5.41, 5.74) is 0. The maximum Gasteiger partial charge on any atom is 0.143 e. The molecule has 0 fully saturated rings. The van der Waals surface area contributed by atoms with E-state index in [0.717, 1.165) is 6.54 Å². The number of thiophene rings is 1. The van der Waals surface area contributed by atoms with E-state index in [9.17, 15) is 4.79 Å². The summed E-state index contributed by atoms with van der Waals surface area (Å²) in [5.74, 6) is 0.217. The number of ketones is 1. The van der Waals surface area contributed by atoms with Gasteiger partial charge in [-0.2, -0.15) is 0 Å². The van der Waals surface area contributed by atoms with Gasteiger partial charge in [-0.05, 0) is 25.4 Å². The molecule has 1 aromatic rings. The van der Waals surface area contributed by atoms with Gasteiger partial charge in [0.05, 0.1) is 6.54 Å². The van der Waals surface area contributed by atoms with E-state index >= 15 is 0 Å². The Bertz CT molecular complexity index is 243. The molecule has 0 radical (unpaired) electrons. The summed E-state index contributed by atoms with van der Waals surface area (Å²) >= 11 is 1.73. The zero-order valence-electron chi connectivity index (χ0n) is 7.41. The van der Waals surface area contributed by atoms with E-state index in [0.29, 0.717) is 6.54 Å². The first-order chi connectivity index (χ1) is 5.68. The molecular formula is C9H13NOS. The maximum atomic E-state index is 10.7. The van der Waals surface area contributed by atoms with Crippen LogP contribution in [-0.2, 0) is 11.3 Å². The van der Waals surface area contributed by atoms with Crippen LogP contribution in [0.25, 0.3) is 0 Å². The standard InChI is InChI=1S/C9H13NOS/c1-8(11)6-10(2)7-9-4-3-5-12-9/h3-5H,6-7H2,1-2H3. The van der Waals surface area contributed by atoms with Crippen molar-refractivity contribution in [2.45, 2.75) is 13.5 Å². The third kappa shape index (κ3) is 3.15. The van der Waals surface area contributed by atoms with E-state index < -0.39 is 0 Å². The molecule has 0 aromatic carbocycles. The molecule has 0 saturated heterocycles. The summed E-state index contributed by atoms with van der Waals surface area (Å²) in [6, 6.07) is 4.11. The zero-order valence-corrected chi connectivity index (χ0v) is 8.23. The fourth-order valence-corrected chi connectivity index (χ4v) is 1.89. The number of carbonyl (C=O) groups excluding carboxylic acids is 1. The summed E-state index contributed by atoms with van der Waals surface area (Å²) in [5, 5.41) is 2.05. The lowest BCUT2D eigenvalue weighted by atomic mass is 10.4. The van der Waals surface area contributed by atoms with Crippen LogP contribution < -0.4 is 0 Å². The summed E-state index contributed by atoms with van der Waals surface area (Å²) in [7, 11) is 1.96. The van der Waals surface area contributed by atoms with Crippen LogP contribution in [-0.4, -0.2) is 24.3 Å². The van der Waals surface area contributed by atoms with Crippen LogP contribution in [0.5, 0.6) is 0 Å². The second-order valence-corrected chi connectivity index (χ2v) is 3.99. The number of likely N-dealkylation sites (N-methyl/N-ethyl adjacent to an activating group) is 1. The van der Waals surface area contributed by atoms with Gasteiger partial charge in [0.25, 0.3) is 0 Å². The van der Waals surface area contributed by atoms with E-state index in [1.54, 1.807) is 18.3 Å². The van der Waals surface area contributed by atoms with E-state index in [2.05, 4.69) is 11.4 Å². The third-order valence-corrected chi connectivity index (χ3v) is 2.36. The molecular weight excluding hydrogens is 170 g/mol. The normalized spacial score (nSPS) is 10.6. The van der Waals surface area contributed by atoms with Gasteiger partial charge in [0, 0.05) is 11.4 Å². The Hall–Kier alpha value is -0.670. The average Bonchev–Trinajstić information content (AvgIpc) is 2.37. The van der Waals surface area contributed by atoms with Crippen LogP contribution >= 0.6 is 11.3 Å². The molecule has 0 aliphatic rings. The molecule has 1 rings (SSSR count). The SMILES string of the molecule is CC(=O)CN(C)Cc1cccs1. The lowest BCUT2D eigenvalue weighted by Gasteiger charge is -2.12. The smallest absolute Gasteiger partial charge is 0.143 e. The van der Waals surface area contributed by atoms with Gasteiger partial charge in [-0.3, -0.25) is 9.69 Å². The number of carbonyl (C=O) groups is 1. The quantitative estimate of drug-likeness (QED) is 0.709. The van der Waals surface area contributed by atoms with Gasteiger partial charge in [0.2, 0.25) is 0 Å². The Morgan fingerprint density at radius 2 is 2.42 bits per heavy atom. The molecule has 12 heavy (non-hydrogen) atoms. The molecule has 1 aromatic heterocycles. The van der Waals surface area contributed by atoms with E-state index in [1.807, 2.05) is 18.0 Å². The Morgan fingerprint density at radius 3 is 2.92 bits per heavy atom. The minimum atomic E-state index is 0.217. The number of Topliss-reactive ketones (excluding diaryl/α,β-unsaturated/α-hetero) is 1. The van der Waals surface area contributed by atoms with Crippen molar-refractivity contribution in [2.24, 2.45) is 0 Å². The highest BCUT2D eigenvalue weighted by molar-refractivity contribution is 7.09. The fraction of sp³-hybridized carbons (Fsp3) is 0.444. The third-order valence-electron chi connectivity index (χ3n) is 1.50. The molecule has 0 amide bonds. The summed E-state index contributed by atoms with van der Waals surface area (Å²) < 4.78 is 0. The van der Waals surface area contributed by atoms with Gasteiger partial charge < -0.3 is 0 Å². The highest BCUT2D eigenvalue weighted by Crippen LogP contribution is 2.10. The van der Waals surface area contributed by atoms with Gasteiger partial charge in [-0.15, -0.1) is 11.3 Å². The molecule has 66 valence electrons. The predicted molar refractivity (Wildman–Crippen MR) is 51.3 cm³/mol. The van der Waals surface area contributed by atoms with Crippen LogP contribution in [0.2, 0.25) is 0 Å². The second-order valence-electron chi connectivity index (χ2n) is 2.95. The molecule has 0 bridgehead atoms. The van der Waals surface area contributed by atoms with Crippen molar-refractivity contribution in [2.75, 3.05) is 13.6 Å². The topological polar surface area (TPSA) is 20.3 Å². The number of hydrogen-bond acceptors (Lipinski definition) is 3. The predicted octanol–water partition coefficient (Wildman–Crippen LogP) is 1.77. The highest BCUT2D eigenvalue weighted by atomic mass is 32.1. The summed E-state index contributed by atoms with van der Waals surface area (Å²) in [4.78, 5) is 14.1. The van der Waals surface area contributed by atoms with Gasteiger partial charge in [0.15, 0.2) is 0 Å². The molecule has 0 atom stereocenters. The van der Waals surface area contributed by atoms with Gasteiger partial charge in [-0.1, -0.05) is 6.07 Å². The molecule has 0 aliphatic heterocycles. The Balaban J connectivity index is 2.36. The van der Waals surface area contributed by atoms with Crippen molar-refractivity contribution in [3.63, 3.8) is 0 Å². The summed E-state index contributed by atoms with van der Waals surface area (Å²) in [6.45, 7) is 3.03. The number of rotatable bonds is 4. The lowest BCUT2D eigenvalue weighted by molar-refractivity contribution is -0.117. The molecule has 3 heteroatoms. The zero-order chi connectivity index (χ0) is 8.97. The first-order valence-electron chi connectivity index (χ1n) is 3.89. The van der Waals surface area contributed by atoms with E-state index in [4.69, 9.17) is 0 Å². The van der Waals surface area contributed by atoms with Crippen molar-refractivity contribution < 1.29 is 4.79 Å². The van der Waals surface area contributed by atoms with Crippen LogP contribution in [0.3, 0.4) is 0 Å². The van der Waals surface area contributed by atoms with Crippen LogP contribution in [0.4, 0.5) is 0 Å². The van der Waals surface area contributed by atoms with Crippen molar-refractivity contribution in [1.82, 2.24) is 4.90 Å². The van der Waals surface area contributed by atoms with Crippen molar-refractivity contribution >= 4 is 17.1 Å². The van der Waals surface area contributed by atoms with Gasteiger partial charge >= 0.3 is 0 Å². The molecule has 0 aliphatic carbocycles. The minimum absolute atomic E-state index is 0.217. The highest BCUT2D eigenvalue weighted by Gasteiger charge is 2.02. The van der Waals surface area contributed by atoms with Gasteiger partial charge in [0.1, 0.15) is 5.78 Å². The fourth-order valence-electron chi connectivity index (χ4n) is 1.10. The van der Waals surface area contributed by atoms with E-state index in [-0.39, 0.29) is 5.78 Å². The van der Waals surface area contributed by atoms with Crippen molar-refractivity contribution in [3.05, 3.63) is 22.4 Å². The van der Waals surface area contributed by atoms with E-state index in [1.165, 1.54) is 4.88 Å². The monoisotopic (exact) mass is 183 g/mol. The largest absolute Gasteiger partial charge is 0.299 e. The average molecular weight is 183 g/mol. The molecule has 2 nitrogen and oxygen atoms in total. The molecule has 0 N–H and O–H groups in total. The van der Waals surface area contributed by atoms with Gasteiger partial charge in [-0.25, -0.2) is 0 Å². The second kappa shape index (κ2) is 4.38. The Labute approximate surface area is 76.8 Å². The van der Waals surface area contributed by atoms with Crippen LogP contribution in [0, 0.1) is 0 Å². The molecule has 1 heterocycles. The summed E-state index contributed by atoms with van der Waals surface area (Å²) in [6.07, 6.45) is 0. The maximum absolute atomic E-state index is 10.7. The number of hydrogen-bond donors (Lipinski definition) is 0. The first kappa shape index (κ1) is 9.42. The van der Waals surface area contributed by atoms with Crippen molar-refractivity contribution in [3.8, 4) is 0 Å². The minimum Gasteiger partial charge on any atom is -0.299 e. The lowest BCUT2D eigenvalue weighted by Crippen LogP contribution is -2.23. The Kier molecular flexibility index (Phi) is 3.44. The molecule has 0 saturated carbocycles. The number of nitrogens with zero attached hydrogens (tertiary/aromatic N) is 1. The first-order valence-corrected chi connectivity index (χ1v) is 4.77. The molecule has 0 unspecified atom stereocenters. The molecule has 0 spiro atoms. The van der Waals surface area contributed by atoms with Crippen LogP contribution in [0.15, 0.2) is 17.5 Å². The van der Waals surface area contributed by atoms with Crippen LogP contribution in [0.1, 0.15) is 11.8 Å². The van der Waals surface area contributed by atoms with Crippen molar-refractivity contribution in [1.29, 1.82) is 0 Å².